The van der Waals surface area contributed by atoms with Gasteiger partial charge in [-0.2, -0.15) is 0 Å². The summed E-state index contributed by atoms with van der Waals surface area (Å²) < 4.78 is 6.68. The zero-order chi connectivity index (χ0) is 22.8. The number of carbonyl (C=O) groups excluding carboxylic acids is 2. The molecule has 3 rings (SSSR count). The molecule has 2 aromatic carbocycles. The number of hydrogen-bond donors (Lipinski definition) is 1. The molecular formula is C26H33BrN2O3. The number of carbonyl (C=O) groups is 2. The fraction of sp³-hybridized carbons (Fsp3) is 0.462. The Morgan fingerprint density at radius 3 is 2.56 bits per heavy atom. The first kappa shape index (κ1) is 24.3. The summed E-state index contributed by atoms with van der Waals surface area (Å²) in [5.74, 6) is 0.694. The Morgan fingerprint density at radius 2 is 1.84 bits per heavy atom. The second kappa shape index (κ2) is 12.6. The van der Waals surface area contributed by atoms with Gasteiger partial charge in [0.05, 0.1) is 6.61 Å². The van der Waals surface area contributed by atoms with Crippen molar-refractivity contribution in [3.8, 4) is 5.75 Å². The van der Waals surface area contributed by atoms with Crippen LogP contribution in [0.3, 0.4) is 0 Å². The number of para-hydroxylation sites is 1. The highest BCUT2D eigenvalue weighted by Gasteiger charge is 2.27. The van der Waals surface area contributed by atoms with Crippen LogP contribution < -0.4 is 10.1 Å². The number of rotatable bonds is 10. The predicted molar refractivity (Wildman–Crippen MR) is 130 cm³/mol. The summed E-state index contributed by atoms with van der Waals surface area (Å²) in [4.78, 5) is 27.8. The maximum absolute atomic E-state index is 13.2. The predicted octanol–water partition coefficient (Wildman–Crippen LogP) is 5.47. The van der Waals surface area contributed by atoms with Crippen molar-refractivity contribution in [2.75, 3.05) is 6.61 Å². The van der Waals surface area contributed by atoms with Gasteiger partial charge in [0, 0.05) is 23.5 Å². The number of amides is 2. The first-order chi connectivity index (χ1) is 15.5. The van der Waals surface area contributed by atoms with Gasteiger partial charge in [0.1, 0.15) is 11.8 Å². The third-order valence-electron chi connectivity index (χ3n) is 5.91. The Balaban J connectivity index is 1.60. The van der Waals surface area contributed by atoms with Gasteiger partial charge in [-0.25, -0.2) is 0 Å². The Morgan fingerprint density at radius 1 is 1.09 bits per heavy atom. The lowest BCUT2D eigenvalue weighted by atomic mass is 9.95. The SMILES string of the molecule is CC(C(=O)NC1CCCCC1)N(Cc1cccc(Br)c1)C(=O)CCCOc1ccccc1. The number of halogens is 1. The lowest BCUT2D eigenvalue weighted by Crippen LogP contribution is -2.50. The molecule has 0 bridgehead atoms. The first-order valence-corrected chi connectivity index (χ1v) is 12.3. The number of ether oxygens (including phenoxy) is 1. The fourth-order valence-corrected chi connectivity index (χ4v) is 4.50. The van der Waals surface area contributed by atoms with Crippen molar-refractivity contribution in [3.05, 3.63) is 64.6 Å². The normalized spacial score (nSPS) is 15.1. The van der Waals surface area contributed by atoms with Gasteiger partial charge in [-0.1, -0.05) is 65.5 Å². The van der Waals surface area contributed by atoms with Crippen molar-refractivity contribution >= 4 is 27.7 Å². The van der Waals surface area contributed by atoms with Gasteiger partial charge in [0.25, 0.3) is 0 Å². The number of nitrogens with one attached hydrogen (secondary N) is 1. The molecule has 0 heterocycles. The average Bonchev–Trinajstić information content (AvgIpc) is 2.81. The third-order valence-corrected chi connectivity index (χ3v) is 6.40. The first-order valence-electron chi connectivity index (χ1n) is 11.5. The molecule has 1 N–H and O–H groups in total. The largest absolute Gasteiger partial charge is 0.494 e. The van der Waals surface area contributed by atoms with E-state index in [-0.39, 0.29) is 17.9 Å². The van der Waals surface area contributed by atoms with E-state index in [0.29, 0.717) is 26.0 Å². The monoisotopic (exact) mass is 500 g/mol. The van der Waals surface area contributed by atoms with E-state index in [4.69, 9.17) is 4.74 Å². The summed E-state index contributed by atoms with van der Waals surface area (Å²) in [7, 11) is 0. The molecule has 32 heavy (non-hydrogen) atoms. The molecule has 0 radical (unpaired) electrons. The van der Waals surface area contributed by atoms with Gasteiger partial charge in [0.2, 0.25) is 11.8 Å². The van der Waals surface area contributed by atoms with E-state index in [1.54, 1.807) is 4.90 Å². The summed E-state index contributed by atoms with van der Waals surface area (Å²) in [6.45, 7) is 2.69. The van der Waals surface area contributed by atoms with E-state index in [1.165, 1.54) is 6.42 Å². The number of nitrogens with zero attached hydrogens (tertiary/aromatic N) is 1. The minimum absolute atomic E-state index is 0.0343. The van der Waals surface area contributed by atoms with E-state index >= 15 is 0 Å². The minimum Gasteiger partial charge on any atom is -0.494 e. The van der Waals surface area contributed by atoms with Crippen molar-refractivity contribution in [1.82, 2.24) is 10.2 Å². The van der Waals surface area contributed by atoms with Crippen molar-refractivity contribution < 1.29 is 14.3 Å². The van der Waals surface area contributed by atoms with Crippen molar-refractivity contribution in [2.45, 2.75) is 70.5 Å². The maximum Gasteiger partial charge on any atom is 0.242 e. The quantitative estimate of drug-likeness (QED) is 0.439. The van der Waals surface area contributed by atoms with Crippen molar-refractivity contribution in [1.29, 1.82) is 0 Å². The smallest absolute Gasteiger partial charge is 0.242 e. The maximum atomic E-state index is 13.2. The van der Waals surface area contributed by atoms with Gasteiger partial charge >= 0.3 is 0 Å². The number of benzene rings is 2. The van der Waals surface area contributed by atoms with Crippen LogP contribution in [0.25, 0.3) is 0 Å². The zero-order valence-electron chi connectivity index (χ0n) is 18.8. The van der Waals surface area contributed by atoms with Crippen LogP contribution in [-0.4, -0.2) is 35.4 Å². The van der Waals surface area contributed by atoms with Gasteiger partial charge in [-0.3, -0.25) is 9.59 Å². The van der Waals surface area contributed by atoms with Gasteiger partial charge in [-0.05, 0) is 56.0 Å². The summed E-state index contributed by atoms with van der Waals surface area (Å²) in [6, 6.07) is 17.2. The Hall–Kier alpha value is -2.34. The third kappa shape index (κ3) is 7.66. The molecule has 0 aliphatic heterocycles. The molecule has 6 heteroatoms. The van der Waals surface area contributed by atoms with Crippen LogP contribution in [0.15, 0.2) is 59.1 Å². The Kier molecular flexibility index (Phi) is 9.60. The highest BCUT2D eigenvalue weighted by Crippen LogP contribution is 2.19. The summed E-state index contributed by atoms with van der Waals surface area (Å²) in [5.41, 5.74) is 0.991. The summed E-state index contributed by atoms with van der Waals surface area (Å²) in [5, 5.41) is 3.17. The second-order valence-corrected chi connectivity index (χ2v) is 9.35. The lowest BCUT2D eigenvalue weighted by Gasteiger charge is -2.31. The second-order valence-electron chi connectivity index (χ2n) is 8.44. The topological polar surface area (TPSA) is 58.6 Å². The van der Waals surface area contributed by atoms with Crippen LogP contribution in [-0.2, 0) is 16.1 Å². The summed E-state index contributed by atoms with van der Waals surface area (Å²) >= 11 is 3.50. The molecule has 0 spiro atoms. The molecule has 1 aliphatic rings. The molecule has 0 saturated heterocycles. The van der Waals surface area contributed by atoms with Gasteiger partial charge in [-0.15, -0.1) is 0 Å². The molecular weight excluding hydrogens is 468 g/mol. The van der Waals surface area contributed by atoms with Crippen molar-refractivity contribution in [3.63, 3.8) is 0 Å². The van der Waals surface area contributed by atoms with Crippen LogP contribution in [0.4, 0.5) is 0 Å². The molecule has 1 atom stereocenters. The van der Waals surface area contributed by atoms with E-state index in [9.17, 15) is 9.59 Å². The van der Waals surface area contributed by atoms with E-state index in [2.05, 4.69) is 21.2 Å². The Labute approximate surface area is 199 Å². The Bertz CT molecular complexity index is 868. The highest BCUT2D eigenvalue weighted by molar-refractivity contribution is 9.10. The van der Waals surface area contributed by atoms with Crippen LogP contribution in [0.2, 0.25) is 0 Å². The van der Waals surface area contributed by atoms with Gasteiger partial charge < -0.3 is 15.0 Å². The zero-order valence-corrected chi connectivity index (χ0v) is 20.4. The van der Waals surface area contributed by atoms with Crippen LogP contribution >= 0.6 is 15.9 Å². The standard InChI is InChI=1S/C26H33BrN2O3/c1-20(26(31)28-23-12-4-2-5-13-23)29(19-21-10-8-11-22(27)18-21)25(30)16-9-17-32-24-14-6-3-7-15-24/h3,6-8,10-11,14-15,18,20,23H,2,4-5,9,12-13,16-17,19H2,1H3,(H,28,31). The summed E-state index contributed by atoms with van der Waals surface area (Å²) in [6.07, 6.45) is 6.52. The number of hydrogen-bond acceptors (Lipinski definition) is 3. The molecule has 1 fully saturated rings. The molecule has 1 unspecified atom stereocenters. The van der Waals surface area contributed by atoms with Crippen molar-refractivity contribution in [2.24, 2.45) is 0 Å². The molecule has 2 amide bonds. The van der Waals surface area contributed by atoms with Crippen LogP contribution in [0.1, 0.15) is 57.4 Å². The minimum atomic E-state index is -0.529. The highest BCUT2D eigenvalue weighted by atomic mass is 79.9. The molecule has 5 nitrogen and oxygen atoms in total. The van der Waals surface area contributed by atoms with E-state index < -0.39 is 6.04 Å². The van der Waals surface area contributed by atoms with Crippen LogP contribution in [0, 0.1) is 0 Å². The molecule has 0 aromatic heterocycles. The average molecular weight is 501 g/mol. The van der Waals surface area contributed by atoms with Crippen LogP contribution in [0.5, 0.6) is 5.75 Å². The van der Waals surface area contributed by atoms with Gasteiger partial charge in [0.15, 0.2) is 0 Å². The van der Waals surface area contributed by atoms with E-state index in [0.717, 1.165) is 41.5 Å². The molecule has 172 valence electrons. The molecule has 2 aromatic rings. The fourth-order valence-electron chi connectivity index (χ4n) is 4.06. The van der Waals surface area contributed by atoms with E-state index in [1.807, 2.05) is 61.5 Å². The molecule has 1 saturated carbocycles. The lowest BCUT2D eigenvalue weighted by molar-refractivity contribution is -0.141. The molecule has 1 aliphatic carbocycles.